The Kier molecular flexibility index (Phi) is 3.17. The number of benzene rings is 1. The zero-order valence-corrected chi connectivity index (χ0v) is 12.8. The largest absolute Gasteiger partial charge is 0.399 e. The van der Waals surface area contributed by atoms with Crippen molar-refractivity contribution in [1.82, 2.24) is 0 Å². The Balaban J connectivity index is 3.30. The number of rotatable bonds is 2. The molecule has 0 heterocycles. The van der Waals surface area contributed by atoms with E-state index in [4.69, 9.17) is 5.73 Å². The topological polar surface area (TPSA) is 26.0 Å². The van der Waals surface area contributed by atoms with Crippen LogP contribution in [0.4, 0.5) is 5.69 Å². The predicted molar refractivity (Wildman–Crippen MR) is 76.8 cm³/mol. The first-order valence-corrected chi connectivity index (χ1v) is 12.5. The molecule has 0 bridgehead atoms. The van der Waals surface area contributed by atoms with Crippen LogP contribution in [0.3, 0.4) is 0 Å². The van der Waals surface area contributed by atoms with Crippen LogP contribution in [0.25, 0.3) is 0 Å². The normalized spacial score (nSPS) is 12.9. The average Bonchev–Trinajstić information content (AvgIpc) is 1.99. The molecule has 0 aliphatic carbocycles. The molecule has 0 atom stereocenters. The van der Waals surface area contributed by atoms with Crippen LogP contribution in [0.1, 0.15) is 0 Å². The molecule has 1 nitrogen and oxygen atoms in total. The maximum Gasteiger partial charge on any atom is 0.0776 e. The van der Waals surface area contributed by atoms with Gasteiger partial charge in [-0.2, -0.15) is 0 Å². The second-order valence-electron chi connectivity index (χ2n) is 6.34. The van der Waals surface area contributed by atoms with Gasteiger partial charge in [0, 0.05) is 5.69 Å². The van der Waals surface area contributed by atoms with Gasteiger partial charge in [-0.1, -0.05) is 55.7 Å². The number of anilines is 1. The van der Waals surface area contributed by atoms with Gasteiger partial charge in [0.1, 0.15) is 0 Å². The maximum absolute atomic E-state index is 6.00. The van der Waals surface area contributed by atoms with Crippen LogP contribution in [-0.2, 0) is 0 Å². The lowest BCUT2D eigenvalue weighted by Crippen LogP contribution is -2.45. The molecule has 0 aliphatic rings. The maximum atomic E-state index is 6.00. The first kappa shape index (κ1) is 12.5. The van der Waals surface area contributed by atoms with Gasteiger partial charge in [0.25, 0.3) is 0 Å². The first-order valence-electron chi connectivity index (χ1n) is 5.52. The third-order valence-electron chi connectivity index (χ3n) is 2.69. The lowest BCUT2D eigenvalue weighted by Gasteiger charge is -2.23. The van der Waals surface area contributed by atoms with Crippen molar-refractivity contribution < 1.29 is 0 Å². The molecule has 0 aromatic heterocycles. The highest BCUT2D eigenvalue weighted by Crippen LogP contribution is 2.09. The molecule has 1 aromatic carbocycles. The molecule has 1 rings (SSSR count). The average molecular weight is 237 g/mol. The van der Waals surface area contributed by atoms with Crippen LogP contribution in [0, 0.1) is 0 Å². The fourth-order valence-electron chi connectivity index (χ4n) is 1.52. The third kappa shape index (κ3) is 3.21. The molecular formula is C12H23NSi2. The van der Waals surface area contributed by atoms with E-state index in [1.807, 2.05) is 0 Å². The number of nitrogen functional groups attached to an aromatic ring is 1. The number of nitrogens with two attached hydrogens (primary N) is 1. The molecule has 0 fully saturated rings. The summed E-state index contributed by atoms with van der Waals surface area (Å²) in [7, 11) is -2.47. The van der Waals surface area contributed by atoms with E-state index in [0.717, 1.165) is 5.69 Å². The number of hydrogen-bond acceptors (Lipinski definition) is 1. The van der Waals surface area contributed by atoms with Gasteiger partial charge in [-0.25, -0.2) is 0 Å². The Labute approximate surface area is 95.7 Å². The van der Waals surface area contributed by atoms with Crippen LogP contribution in [0.15, 0.2) is 18.2 Å². The van der Waals surface area contributed by atoms with Gasteiger partial charge >= 0.3 is 0 Å². The summed E-state index contributed by atoms with van der Waals surface area (Å²) < 4.78 is 0. The fraction of sp³-hybridized carbons (Fsp3) is 0.500. The minimum Gasteiger partial charge on any atom is -0.399 e. The summed E-state index contributed by atoms with van der Waals surface area (Å²) in [5.74, 6) is 0. The molecule has 0 aliphatic heterocycles. The summed E-state index contributed by atoms with van der Waals surface area (Å²) in [6.07, 6.45) is 0. The van der Waals surface area contributed by atoms with Gasteiger partial charge in [-0.15, -0.1) is 0 Å². The molecular weight excluding hydrogens is 214 g/mol. The van der Waals surface area contributed by atoms with Crippen LogP contribution in [0.5, 0.6) is 0 Å². The molecule has 1 aromatic rings. The van der Waals surface area contributed by atoms with Crippen molar-refractivity contribution in [2.75, 3.05) is 5.73 Å². The van der Waals surface area contributed by atoms with E-state index in [2.05, 4.69) is 57.5 Å². The second kappa shape index (κ2) is 3.79. The Hall–Kier alpha value is -0.546. The monoisotopic (exact) mass is 237 g/mol. The molecule has 0 radical (unpaired) electrons. The van der Waals surface area contributed by atoms with Gasteiger partial charge in [0.2, 0.25) is 0 Å². The highest BCUT2D eigenvalue weighted by atomic mass is 28.3. The van der Waals surface area contributed by atoms with Gasteiger partial charge in [-0.05, 0) is 12.1 Å². The Morgan fingerprint density at radius 1 is 0.733 bits per heavy atom. The van der Waals surface area contributed by atoms with Crippen molar-refractivity contribution in [3.8, 4) is 0 Å². The Morgan fingerprint density at radius 3 is 1.33 bits per heavy atom. The van der Waals surface area contributed by atoms with Crippen LogP contribution in [-0.4, -0.2) is 16.1 Å². The zero-order valence-electron chi connectivity index (χ0n) is 10.8. The highest BCUT2D eigenvalue weighted by molar-refractivity contribution is 6.91. The van der Waals surface area contributed by atoms with Crippen molar-refractivity contribution in [3.05, 3.63) is 18.2 Å². The molecule has 0 saturated heterocycles. The van der Waals surface area contributed by atoms with Crippen LogP contribution in [0.2, 0.25) is 39.3 Å². The lowest BCUT2D eigenvalue weighted by atomic mass is 10.3. The lowest BCUT2D eigenvalue weighted by molar-refractivity contribution is 1.65. The number of hydrogen-bond donors (Lipinski definition) is 1. The van der Waals surface area contributed by atoms with E-state index in [9.17, 15) is 0 Å². The molecule has 0 spiro atoms. The molecule has 0 saturated carbocycles. The fourth-order valence-corrected chi connectivity index (χ4v) is 4.04. The molecule has 3 heteroatoms. The smallest absolute Gasteiger partial charge is 0.0776 e. The summed E-state index contributed by atoms with van der Waals surface area (Å²) in [5.41, 5.74) is 6.93. The van der Waals surface area contributed by atoms with Crippen molar-refractivity contribution in [2.24, 2.45) is 0 Å². The standard InChI is InChI=1S/C12H23NSi2/c1-14(2,3)11-7-10(13)8-12(9-11)15(4,5)6/h7-9H,13H2,1-6H3. The van der Waals surface area contributed by atoms with E-state index in [1.54, 1.807) is 0 Å². The molecule has 2 N–H and O–H groups in total. The van der Waals surface area contributed by atoms with Gasteiger partial charge in [0.05, 0.1) is 16.1 Å². The minimum absolute atomic E-state index is 0.937. The zero-order chi connectivity index (χ0) is 11.9. The van der Waals surface area contributed by atoms with Crippen molar-refractivity contribution >= 4 is 32.2 Å². The van der Waals surface area contributed by atoms with Gasteiger partial charge in [-0.3, -0.25) is 0 Å². The minimum atomic E-state index is -1.23. The molecule has 84 valence electrons. The summed E-state index contributed by atoms with van der Waals surface area (Å²) in [4.78, 5) is 0. The molecule has 0 unspecified atom stereocenters. The van der Waals surface area contributed by atoms with Crippen molar-refractivity contribution in [1.29, 1.82) is 0 Å². The second-order valence-corrected chi connectivity index (χ2v) is 16.5. The van der Waals surface area contributed by atoms with E-state index < -0.39 is 16.1 Å². The predicted octanol–water partition coefficient (Wildman–Crippen LogP) is 2.36. The first-order chi connectivity index (χ1) is 6.60. The van der Waals surface area contributed by atoms with Crippen LogP contribution >= 0.6 is 0 Å². The summed E-state index contributed by atoms with van der Waals surface area (Å²) in [6.45, 7) is 14.2. The molecule has 0 amide bonds. The Morgan fingerprint density at radius 2 is 1.07 bits per heavy atom. The van der Waals surface area contributed by atoms with Gasteiger partial charge < -0.3 is 5.73 Å². The summed E-state index contributed by atoms with van der Waals surface area (Å²) in [6, 6.07) is 6.72. The summed E-state index contributed by atoms with van der Waals surface area (Å²) >= 11 is 0. The molecule has 15 heavy (non-hydrogen) atoms. The van der Waals surface area contributed by atoms with Gasteiger partial charge in [0.15, 0.2) is 0 Å². The van der Waals surface area contributed by atoms with E-state index in [-0.39, 0.29) is 0 Å². The quantitative estimate of drug-likeness (QED) is 0.620. The van der Waals surface area contributed by atoms with E-state index in [1.165, 1.54) is 10.4 Å². The van der Waals surface area contributed by atoms with Crippen molar-refractivity contribution in [3.63, 3.8) is 0 Å². The summed E-state index contributed by atoms with van der Waals surface area (Å²) in [5, 5.41) is 2.97. The SMILES string of the molecule is C[Si](C)(C)c1cc(N)cc([Si](C)(C)C)c1. The third-order valence-corrected chi connectivity index (χ3v) is 6.73. The van der Waals surface area contributed by atoms with Crippen LogP contribution < -0.4 is 16.1 Å². The highest BCUT2D eigenvalue weighted by Gasteiger charge is 2.22. The van der Waals surface area contributed by atoms with E-state index in [0.29, 0.717) is 0 Å². The van der Waals surface area contributed by atoms with E-state index >= 15 is 0 Å². The Bertz CT molecular complexity index is 327. The van der Waals surface area contributed by atoms with Crippen molar-refractivity contribution in [2.45, 2.75) is 39.3 Å².